The highest BCUT2D eigenvalue weighted by molar-refractivity contribution is 5.90. The highest BCUT2D eigenvalue weighted by atomic mass is 16.6. The Kier molecular flexibility index (Phi) is 4.39. The highest BCUT2D eigenvalue weighted by Gasteiger charge is 2.62. The Balaban J connectivity index is 2.75. The van der Waals surface area contributed by atoms with Crippen molar-refractivity contribution >= 4 is 12.1 Å². The van der Waals surface area contributed by atoms with Gasteiger partial charge in [0.25, 0.3) is 0 Å². The van der Waals surface area contributed by atoms with Gasteiger partial charge in [-0.2, -0.15) is 0 Å². The third kappa shape index (κ3) is 4.37. The molecule has 116 valence electrons. The second-order valence-electron chi connectivity index (χ2n) is 7.24. The van der Waals surface area contributed by atoms with Gasteiger partial charge in [-0.1, -0.05) is 0 Å². The van der Waals surface area contributed by atoms with Crippen molar-refractivity contribution in [2.75, 3.05) is 6.54 Å². The second-order valence-corrected chi connectivity index (χ2v) is 7.24. The first-order chi connectivity index (χ1) is 8.89. The molecule has 0 bridgehead atoms. The van der Waals surface area contributed by atoms with E-state index in [9.17, 15) is 9.59 Å². The molecule has 0 spiro atoms. The molecule has 0 aromatic rings. The van der Waals surface area contributed by atoms with Crippen LogP contribution in [0.25, 0.3) is 0 Å². The molecule has 1 aliphatic carbocycles. The van der Waals surface area contributed by atoms with Crippen molar-refractivity contribution < 1.29 is 19.1 Å². The van der Waals surface area contributed by atoms with E-state index >= 15 is 0 Å². The minimum Gasteiger partial charge on any atom is -0.458 e. The van der Waals surface area contributed by atoms with Crippen molar-refractivity contribution in [2.24, 2.45) is 11.7 Å². The van der Waals surface area contributed by atoms with Crippen LogP contribution in [0.4, 0.5) is 4.79 Å². The molecule has 0 aromatic carbocycles. The Morgan fingerprint density at radius 1 is 1.15 bits per heavy atom. The normalized spacial score (nSPS) is 25.9. The summed E-state index contributed by atoms with van der Waals surface area (Å²) >= 11 is 0. The fourth-order valence-electron chi connectivity index (χ4n) is 1.92. The number of carbonyl (C=O) groups excluding carboxylic acids is 2. The number of alkyl carbamates (subject to hydrolysis) is 1. The summed E-state index contributed by atoms with van der Waals surface area (Å²) in [4.78, 5) is 24.1. The minimum atomic E-state index is -1.04. The summed E-state index contributed by atoms with van der Waals surface area (Å²) in [5.41, 5.74) is 3.35. The van der Waals surface area contributed by atoms with E-state index in [1.807, 2.05) is 0 Å². The molecule has 1 rings (SSSR count). The van der Waals surface area contributed by atoms with Gasteiger partial charge in [0.15, 0.2) is 0 Å². The maximum Gasteiger partial charge on any atom is 0.408 e. The predicted molar refractivity (Wildman–Crippen MR) is 75.1 cm³/mol. The van der Waals surface area contributed by atoms with Crippen LogP contribution in [0.2, 0.25) is 0 Å². The van der Waals surface area contributed by atoms with E-state index in [4.69, 9.17) is 15.2 Å². The third-order valence-electron chi connectivity index (χ3n) is 2.88. The molecule has 6 heteroatoms. The molecule has 1 saturated carbocycles. The molecule has 0 radical (unpaired) electrons. The van der Waals surface area contributed by atoms with Crippen LogP contribution in [0.15, 0.2) is 0 Å². The SMILES string of the molecule is CC(C)(C)OC(=O)N[C@@]1(C(=O)OC(C)(C)C)C[C@H]1CN. The van der Waals surface area contributed by atoms with Gasteiger partial charge in [0, 0.05) is 5.92 Å². The number of hydrogen-bond donors (Lipinski definition) is 2. The smallest absolute Gasteiger partial charge is 0.408 e. The van der Waals surface area contributed by atoms with Gasteiger partial charge in [0.1, 0.15) is 16.7 Å². The van der Waals surface area contributed by atoms with Gasteiger partial charge < -0.3 is 20.5 Å². The van der Waals surface area contributed by atoms with Gasteiger partial charge in [-0.15, -0.1) is 0 Å². The highest BCUT2D eigenvalue weighted by Crippen LogP contribution is 2.44. The Hall–Kier alpha value is -1.30. The molecule has 0 aromatic heterocycles. The molecular weight excluding hydrogens is 260 g/mol. The van der Waals surface area contributed by atoms with Gasteiger partial charge in [-0.25, -0.2) is 9.59 Å². The second kappa shape index (κ2) is 5.24. The van der Waals surface area contributed by atoms with Gasteiger partial charge in [0.2, 0.25) is 0 Å². The number of rotatable bonds is 3. The minimum absolute atomic E-state index is 0.107. The van der Waals surface area contributed by atoms with Crippen LogP contribution in [0.5, 0.6) is 0 Å². The lowest BCUT2D eigenvalue weighted by Crippen LogP contribution is -2.50. The third-order valence-corrected chi connectivity index (χ3v) is 2.88. The van der Waals surface area contributed by atoms with Crippen LogP contribution >= 0.6 is 0 Å². The number of esters is 1. The largest absolute Gasteiger partial charge is 0.458 e. The van der Waals surface area contributed by atoms with Crippen molar-refractivity contribution in [3.05, 3.63) is 0 Å². The van der Waals surface area contributed by atoms with E-state index in [-0.39, 0.29) is 5.92 Å². The molecule has 20 heavy (non-hydrogen) atoms. The van der Waals surface area contributed by atoms with Crippen LogP contribution in [-0.2, 0) is 14.3 Å². The molecule has 0 saturated heterocycles. The van der Waals surface area contributed by atoms with E-state index in [2.05, 4.69) is 5.32 Å². The van der Waals surface area contributed by atoms with Crippen LogP contribution in [0.3, 0.4) is 0 Å². The van der Waals surface area contributed by atoms with E-state index < -0.39 is 28.8 Å². The van der Waals surface area contributed by atoms with Crippen molar-refractivity contribution in [3.8, 4) is 0 Å². The topological polar surface area (TPSA) is 90.6 Å². The number of nitrogens with one attached hydrogen (secondary N) is 1. The fraction of sp³-hybridized carbons (Fsp3) is 0.857. The maximum atomic E-state index is 12.3. The maximum absolute atomic E-state index is 12.3. The number of carbonyl (C=O) groups is 2. The average molecular weight is 286 g/mol. The first-order valence-corrected chi connectivity index (χ1v) is 6.84. The van der Waals surface area contributed by atoms with Gasteiger partial charge in [0.05, 0.1) is 0 Å². The van der Waals surface area contributed by atoms with Crippen LogP contribution in [0, 0.1) is 5.92 Å². The Morgan fingerprint density at radius 3 is 2.00 bits per heavy atom. The van der Waals surface area contributed by atoms with Gasteiger partial charge in [-0.3, -0.25) is 0 Å². The number of amides is 1. The Bertz CT molecular complexity index is 395. The Morgan fingerprint density at radius 2 is 1.65 bits per heavy atom. The molecule has 0 unspecified atom stereocenters. The predicted octanol–water partition coefficient (Wildman–Crippen LogP) is 1.57. The first kappa shape index (κ1) is 16.8. The van der Waals surface area contributed by atoms with Gasteiger partial charge in [-0.05, 0) is 54.5 Å². The summed E-state index contributed by atoms with van der Waals surface area (Å²) in [6.45, 7) is 11.0. The van der Waals surface area contributed by atoms with E-state index in [0.717, 1.165) is 0 Å². The van der Waals surface area contributed by atoms with Crippen molar-refractivity contribution in [2.45, 2.75) is 64.7 Å². The Labute approximate surface area is 120 Å². The molecule has 1 fully saturated rings. The van der Waals surface area contributed by atoms with Crippen molar-refractivity contribution in [3.63, 3.8) is 0 Å². The lowest BCUT2D eigenvalue weighted by Gasteiger charge is -2.26. The van der Waals surface area contributed by atoms with E-state index in [1.165, 1.54) is 0 Å². The molecule has 0 heterocycles. The summed E-state index contributed by atoms with van der Waals surface area (Å²) in [6, 6.07) is 0. The molecule has 3 N–H and O–H groups in total. The van der Waals surface area contributed by atoms with Crippen LogP contribution < -0.4 is 11.1 Å². The summed E-state index contributed by atoms with van der Waals surface area (Å²) in [5.74, 6) is -0.559. The van der Waals surface area contributed by atoms with Crippen molar-refractivity contribution in [1.29, 1.82) is 0 Å². The van der Waals surface area contributed by atoms with Crippen LogP contribution in [-0.4, -0.2) is 35.3 Å². The fourth-order valence-corrected chi connectivity index (χ4v) is 1.92. The summed E-state index contributed by atoms with van der Waals surface area (Å²) in [6.07, 6.45) is -0.142. The zero-order valence-corrected chi connectivity index (χ0v) is 13.2. The average Bonchev–Trinajstić information content (AvgIpc) is 2.86. The molecular formula is C14H26N2O4. The quantitative estimate of drug-likeness (QED) is 0.768. The molecule has 2 atom stereocenters. The summed E-state index contributed by atoms with van der Waals surface area (Å²) < 4.78 is 10.6. The zero-order valence-electron chi connectivity index (χ0n) is 13.2. The van der Waals surface area contributed by atoms with E-state index in [0.29, 0.717) is 13.0 Å². The van der Waals surface area contributed by atoms with E-state index in [1.54, 1.807) is 41.5 Å². The standard InChI is InChI=1S/C14H26N2O4/c1-12(2,3)19-10(17)14(7-9(14)8-15)16-11(18)20-13(4,5)6/h9H,7-8,15H2,1-6H3,(H,16,18)/t9-,14-/m0/s1. The lowest BCUT2D eigenvalue weighted by molar-refractivity contribution is -0.159. The monoisotopic (exact) mass is 286 g/mol. The van der Waals surface area contributed by atoms with Gasteiger partial charge >= 0.3 is 12.1 Å². The molecule has 1 amide bonds. The first-order valence-electron chi connectivity index (χ1n) is 6.84. The number of ether oxygens (including phenoxy) is 2. The summed E-state index contributed by atoms with van der Waals surface area (Å²) in [5, 5.41) is 2.63. The molecule has 1 aliphatic rings. The molecule has 0 aliphatic heterocycles. The zero-order chi connectivity index (χ0) is 15.8. The summed E-state index contributed by atoms with van der Waals surface area (Å²) in [7, 11) is 0. The van der Waals surface area contributed by atoms with Crippen LogP contribution in [0.1, 0.15) is 48.0 Å². The number of nitrogens with two attached hydrogens (primary N) is 1. The lowest BCUT2D eigenvalue weighted by atomic mass is 10.1. The molecule has 6 nitrogen and oxygen atoms in total. The number of hydrogen-bond acceptors (Lipinski definition) is 5. The van der Waals surface area contributed by atoms with Crippen molar-refractivity contribution in [1.82, 2.24) is 5.32 Å².